The Bertz CT molecular complexity index is 291. The topological polar surface area (TPSA) is 68.3 Å². The molecule has 0 saturated carbocycles. The summed E-state index contributed by atoms with van der Waals surface area (Å²) in [5.41, 5.74) is 5.45. The third kappa shape index (κ3) is 2.93. The number of hydrogen-bond donors (Lipinski definition) is 2. The smallest absolute Gasteiger partial charge is 0.194 e. The van der Waals surface area contributed by atoms with E-state index in [-0.39, 0.29) is 11.8 Å². The van der Waals surface area contributed by atoms with E-state index in [1.165, 1.54) is 0 Å². The van der Waals surface area contributed by atoms with E-state index in [2.05, 4.69) is 0 Å². The van der Waals surface area contributed by atoms with Gasteiger partial charge in [-0.2, -0.15) is 0 Å². The average molecular weight is 224 g/mol. The molecule has 0 heterocycles. The first-order valence-corrected chi connectivity index (χ1v) is 5.61. The fourth-order valence-electron chi connectivity index (χ4n) is 1.90. The summed E-state index contributed by atoms with van der Waals surface area (Å²) in [6, 6.07) is 0. The maximum Gasteiger partial charge on any atom is 0.194 e. The number of nitrogens with one attached hydrogen (secondary N) is 1. The van der Waals surface area contributed by atoms with E-state index in [1.807, 2.05) is 38.2 Å². The Balaban J connectivity index is 2.87. The summed E-state index contributed by atoms with van der Waals surface area (Å²) in [7, 11) is 0. The minimum absolute atomic E-state index is 0.0325. The normalized spacial score (nSPS) is 22.2. The van der Waals surface area contributed by atoms with E-state index >= 15 is 0 Å². The number of nitrogens with two attached hydrogens (primary N) is 1. The Morgan fingerprint density at radius 2 is 1.94 bits per heavy atom. The molecule has 1 aliphatic rings. The lowest BCUT2D eigenvalue weighted by Crippen LogP contribution is -2.43. The van der Waals surface area contributed by atoms with E-state index in [9.17, 15) is 0 Å². The zero-order chi connectivity index (χ0) is 12.0. The van der Waals surface area contributed by atoms with Crippen molar-refractivity contribution in [2.45, 2.75) is 26.1 Å². The Kier molecular flexibility index (Phi) is 4.71. The van der Waals surface area contributed by atoms with Crippen LogP contribution in [0.4, 0.5) is 0 Å². The molecule has 1 unspecified atom stereocenters. The van der Waals surface area contributed by atoms with Crippen molar-refractivity contribution in [3.05, 3.63) is 24.3 Å². The summed E-state index contributed by atoms with van der Waals surface area (Å²) in [6.07, 6.45) is 8.16. The number of amidine groups is 1. The lowest BCUT2D eigenvalue weighted by Gasteiger charge is -2.37. The van der Waals surface area contributed by atoms with E-state index < -0.39 is 5.79 Å². The first kappa shape index (κ1) is 12.9. The van der Waals surface area contributed by atoms with Crippen LogP contribution in [0.5, 0.6) is 0 Å². The van der Waals surface area contributed by atoms with Gasteiger partial charge in [-0.15, -0.1) is 0 Å². The standard InChI is InChI=1S/C12H20N2O2/c1-3-15-12(16-4-2)8-6-5-7-10(12)9-11(13)14/h5-8,10H,3-4,9H2,1-2H3,(H3,13,14). The van der Waals surface area contributed by atoms with Crippen molar-refractivity contribution in [3.8, 4) is 0 Å². The van der Waals surface area contributed by atoms with Crippen LogP contribution in [-0.4, -0.2) is 24.8 Å². The third-order valence-corrected chi connectivity index (χ3v) is 2.48. The molecule has 1 atom stereocenters. The summed E-state index contributed by atoms with van der Waals surface area (Å²) in [4.78, 5) is 0. The van der Waals surface area contributed by atoms with E-state index in [1.54, 1.807) is 0 Å². The number of allylic oxidation sites excluding steroid dienone is 2. The van der Waals surface area contributed by atoms with E-state index in [0.717, 1.165) is 0 Å². The van der Waals surface area contributed by atoms with Crippen LogP contribution in [0, 0.1) is 11.3 Å². The summed E-state index contributed by atoms with van der Waals surface area (Å²) < 4.78 is 11.4. The average Bonchev–Trinajstić information content (AvgIpc) is 2.22. The van der Waals surface area contributed by atoms with Crippen LogP contribution in [0.2, 0.25) is 0 Å². The Labute approximate surface area is 96.6 Å². The van der Waals surface area contributed by atoms with Crippen LogP contribution >= 0.6 is 0 Å². The molecule has 16 heavy (non-hydrogen) atoms. The number of hydrogen-bond acceptors (Lipinski definition) is 3. The van der Waals surface area contributed by atoms with Gasteiger partial charge in [-0.3, -0.25) is 5.41 Å². The summed E-state index contributed by atoms with van der Waals surface area (Å²) in [5.74, 6) is -0.646. The highest BCUT2D eigenvalue weighted by atomic mass is 16.7. The molecule has 90 valence electrons. The molecule has 0 aromatic heterocycles. The van der Waals surface area contributed by atoms with Gasteiger partial charge in [0.05, 0.1) is 5.84 Å². The predicted octanol–water partition coefficient (Wildman–Crippen LogP) is 1.82. The van der Waals surface area contributed by atoms with Crippen molar-refractivity contribution >= 4 is 5.84 Å². The van der Waals surface area contributed by atoms with Crippen LogP contribution in [0.15, 0.2) is 24.3 Å². The number of rotatable bonds is 6. The van der Waals surface area contributed by atoms with Gasteiger partial charge in [0.15, 0.2) is 5.79 Å². The second-order valence-electron chi connectivity index (χ2n) is 3.67. The van der Waals surface area contributed by atoms with Gasteiger partial charge in [-0.1, -0.05) is 18.2 Å². The van der Waals surface area contributed by atoms with Gasteiger partial charge in [0.2, 0.25) is 0 Å². The molecule has 4 nitrogen and oxygen atoms in total. The van der Waals surface area contributed by atoms with E-state index in [4.69, 9.17) is 20.6 Å². The highest BCUT2D eigenvalue weighted by molar-refractivity contribution is 5.77. The van der Waals surface area contributed by atoms with Crippen molar-refractivity contribution in [3.63, 3.8) is 0 Å². The van der Waals surface area contributed by atoms with Gasteiger partial charge in [-0.25, -0.2) is 0 Å². The fraction of sp³-hybridized carbons (Fsp3) is 0.583. The van der Waals surface area contributed by atoms with Crippen LogP contribution in [-0.2, 0) is 9.47 Å². The molecular weight excluding hydrogens is 204 g/mol. The highest BCUT2D eigenvalue weighted by Crippen LogP contribution is 2.32. The minimum Gasteiger partial charge on any atom is -0.388 e. The molecule has 0 radical (unpaired) electrons. The third-order valence-electron chi connectivity index (χ3n) is 2.48. The molecule has 1 rings (SSSR count). The Hall–Kier alpha value is -1.13. The number of ether oxygens (including phenoxy) is 2. The molecule has 0 fully saturated rings. The van der Waals surface area contributed by atoms with Crippen molar-refractivity contribution in [1.29, 1.82) is 5.41 Å². The Morgan fingerprint density at radius 3 is 2.44 bits per heavy atom. The van der Waals surface area contributed by atoms with Crippen molar-refractivity contribution in [2.24, 2.45) is 11.7 Å². The zero-order valence-electron chi connectivity index (χ0n) is 9.90. The summed E-state index contributed by atoms with van der Waals surface area (Å²) in [6.45, 7) is 4.98. The summed E-state index contributed by atoms with van der Waals surface area (Å²) in [5, 5.41) is 7.38. The molecule has 0 aliphatic heterocycles. The maximum absolute atomic E-state index is 7.38. The summed E-state index contributed by atoms with van der Waals surface area (Å²) >= 11 is 0. The molecular formula is C12H20N2O2. The van der Waals surface area contributed by atoms with Gasteiger partial charge in [0, 0.05) is 25.6 Å². The molecule has 0 bridgehead atoms. The van der Waals surface area contributed by atoms with Crippen molar-refractivity contribution < 1.29 is 9.47 Å². The lowest BCUT2D eigenvalue weighted by atomic mass is 9.90. The first-order chi connectivity index (χ1) is 7.64. The maximum atomic E-state index is 7.38. The van der Waals surface area contributed by atoms with Gasteiger partial charge < -0.3 is 15.2 Å². The molecule has 0 aromatic carbocycles. The van der Waals surface area contributed by atoms with Gasteiger partial charge in [0.25, 0.3) is 0 Å². The molecule has 1 aliphatic carbocycles. The SMILES string of the molecule is CCOC1(OCC)C=CC=CC1CC(=N)N. The monoisotopic (exact) mass is 224 g/mol. The second kappa shape index (κ2) is 5.82. The molecule has 0 spiro atoms. The van der Waals surface area contributed by atoms with Crippen LogP contribution < -0.4 is 5.73 Å². The van der Waals surface area contributed by atoms with Crippen LogP contribution in [0.25, 0.3) is 0 Å². The molecule has 0 amide bonds. The van der Waals surface area contributed by atoms with Gasteiger partial charge >= 0.3 is 0 Å². The van der Waals surface area contributed by atoms with Crippen LogP contribution in [0.3, 0.4) is 0 Å². The first-order valence-electron chi connectivity index (χ1n) is 5.61. The minimum atomic E-state index is -0.760. The van der Waals surface area contributed by atoms with Crippen LogP contribution in [0.1, 0.15) is 20.3 Å². The van der Waals surface area contributed by atoms with Crippen molar-refractivity contribution in [1.82, 2.24) is 0 Å². The van der Waals surface area contributed by atoms with E-state index in [0.29, 0.717) is 19.6 Å². The molecule has 4 heteroatoms. The Morgan fingerprint density at radius 1 is 1.31 bits per heavy atom. The second-order valence-corrected chi connectivity index (χ2v) is 3.67. The molecule has 3 N–H and O–H groups in total. The largest absolute Gasteiger partial charge is 0.388 e. The quantitative estimate of drug-likeness (QED) is 0.411. The lowest BCUT2D eigenvalue weighted by molar-refractivity contribution is -0.221. The van der Waals surface area contributed by atoms with Gasteiger partial charge in [-0.05, 0) is 19.9 Å². The van der Waals surface area contributed by atoms with Gasteiger partial charge in [0.1, 0.15) is 0 Å². The fourth-order valence-corrected chi connectivity index (χ4v) is 1.90. The van der Waals surface area contributed by atoms with Crippen molar-refractivity contribution in [2.75, 3.05) is 13.2 Å². The predicted molar refractivity (Wildman–Crippen MR) is 64.3 cm³/mol. The zero-order valence-corrected chi connectivity index (χ0v) is 9.90. The molecule has 0 aromatic rings. The highest BCUT2D eigenvalue weighted by Gasteiger charge is 2.38. The molecule has 0 saturated heterocycles.